The second-order valence-corrected chi connectivity index (χ2v) is 6.94. The van der Waals surface area contributed by atoms with Gasteiger partial charge in [0.25, 0.3) is 0 Å². The Hall–Kier alpha value is -0.500. The molecule has 1 unspecified atom stereocenters. The van der Waals surface area contributed by atoms with Crippen molar-refractivity contribution in [2.45, 2.75) is 23.9 Å². The average molecular weight is 275 g/mol. The Morgan fingerprint density at radius 2 is 2.41 bits per heavy atom. The summed E-state index contributed by atoms with van der Waals surface area (Å²) in [5.41, 5.74) is 0.869. The van der Waals surface area contributed by atoms with Crippen LogP contribution in [0.1, 0.15) is 12.1 Å². The van der Waals surface area contributed by atoms with Crippen LogP contribution in [-0.2, 0) is 16.6 Å². The van der Waals surface area contributed by atoms with Gasteiger partial charge in [-0.15, -0.1) is 0 Å². The molecule has 0 aliphatic carbocycles. The van der Waals surface area contributed by atoms with Crippen molar-refractivity contribution >= 4 is 21.8 Å². The zero-order chi connectivity index (χ0) is 12.3. The van der Waals surface area contributed by atoms with Crippen LogP contribution in [0.5, 0.6) is 0 Å². The summed E-state index contributed by atoms with van der Waals surface area (Å²) in [7, 11) is -1.54. The van der Waals surface area contributed by atoms with Crippen LogP contribution in [0.15, 0.2) is 17.2 Å². The van der Waals surface area contributed by atoms with Crippen molar-refractivity contribution in [3.8, 4) is 0 Å². The van der Waals surface area contributed by atoms with E-state index in [1.165, 1.54) is 6.20 Å². The first-order valence-corrected chi connectivity index (χ1v) is 8.17. The van der Waals surface area contributed by atoms with E-state index in [2.05, 4.69) is 15.0 Å². The number of nitrogens with one attached hydrogen (secondary N) is 3. The zero-order valence-corrected chi connectivity index (χ0v) is 11.3. The predicted molar refractivity (Wildman–Crippen MR) is 69.6 cm³/mol. The Kier molecular flexibility index (Phi) is 4.13. The van der Waals surface area contributed by atoms with Gasteiger partial charge in [-0.3, -0.25) is 0 Å². The third kappa shape index (κ3) is 3.25. The maximum Gasteiger partial charge on any atom is 0.242 e. The van der Waals surface area contributed by atoms with E-state index in [1.807, 2.05) is 7.05 Å². The van der Waals surface area contributed by atoms with Gasteiger partial charge in [0.05, 0.1) is 4.90 Å². The van der Waals surface area contributed by atoms with Crippen LogP contribution in [0, 0.1) is 0 Å². The lowest BCUT2D eigenvalue weighted by atomic mass is 10.3. The largest absolute Gasteiger partial charge is 0.363 e. The Morgan fingerprint density at radius 3 is 3.06 bits per heavy atom. The number of aromatic amines is 1. The van der Waals surface area contributed by atoms with Crippen molar-refractivity contribution in [1.29, 1.82) is 0 Å². The molecule has 7 heteroatoms. The number of sulfonamides is 1. The SMILES string of the molecule is CNCc1cc(S(=O)(=O)NC2CCSC2)c[nH]1. The molecule has 0 saturated carbocycles. The Balaban J connectivity index is 2.07. The maximum absolute atomic E-state index is 12.0. The highest BCUT2D eigenvalue weighted by Gasteiger charge is 2.23. The second-order valence-electron chi connectivity index (χ2n) is 4.07. The van der Waals surface area contributed by atoms with Gasteiger partial charge in [-0.05, 0) is 25.3 Å². The van der Waals surface area contributed by atoms with Gasteiger partial charge in [0.15, 0.2) is 0 Å². The van der Waals surface area contributed by atoms with Crippen molar-refractivity contribution in [2.24, 2.45) is 0 Å². The second kappa shape index (κ2) is 5.43. The summed E-state index contributed by atoms with van der Waals surface area (Å²) in [6.45, 7) is 0.634. The van der Waals surface area contributed by atoms with E-state index in [1.54, 1.807) is 17.8 Å². The minimum Gasteiger partial charge on any atom is -0.363 e. The molecule has 0 aromatic carbocycles. The van der Waals surface area contributed by atoms with E-state index in [9.17, 15) is 8.42 Å². The first-order chi connectivity index (χ1) is 8.12. The number of hydrogen-bond acceptors (Lipinski definition) is 4. The molecule has 0 radical (unpaired) electrons. The molecule has 1 aliphatic rings. The van der Waals surface area contributed by atoms with Gasteiger partial charge in [-0.25, -0.2) is 13.1 Å². The molecule has 0 amide bonds. The van der Waals surface area contributed by atoms with Crippen molar-refractivity contribution < 1.29 is 8.42 Å². The summed E-state index contributed by atoms with van der Waals surface area (Å²) in [5.74, 6) is 1.90. The molecule has 96 valence electrons. The molecule has 2 rings (SSSR count). The number of H-pyrrole nitrogens is 1. The third-order valence-electron chi connectivity index (χ3n) is 2.65. The minimum atomic E-state index is -3.36. The van der Waals surface area contributed by atoms with Crippen molar-refractivity contribution in [3.63, 3.8) is 0 Å². The predicted octanol–water partition coefficient (Wildman–Crippen LogP) is 0.518. The van der Waals surface area contributed by atoms with E-state index in [4.69, 9.17) is 0 Å². The van der Waals surface area contributed by atoms with Crippen LogP contribution >= 0.6 is 11.8 Å². The summed E-state index contributed by atoms with van der Waals surface area (Å²) >= 11 is 1.79. The Morgan fingerprint density at radius 1 is 1.59 bits per heavy atom. The summed E-state index contributed by atoms with van der Waals surface area (Å²) in [6.07, 6.45) is 2.45. The fourth-order valence-corrected chi connectivity index (χ4v) is 4.33. The molecule has 3 N–H and O–H groups in total. The average Bonchev–Trinajstić information content (AvgIpc) is 2.88. The summed E-state index contributed by atoms with van der Waals surface area (Å²) in [6, 6.07) is 1.74. The van der Waals surface area contributed by atoms with Gasteiger partial charge < -0.3 is 10.3 Å². The van der Waals surface area contributed by atoms with Gasteiger partial charge in [0, 0.05) is 30.2 Å². The molecule has 0 bridgehead atoms. The summed E-state index contributed by atoms with van der Waals surface area (Å²) < 4.78 is 26.8. The summed E-state index contributed by atoms with van der Waals surface area (Å²) in [5, 5.41) is 2.97. The maximum atomic E-state index is 12.0. The molecule has 2 heterocycles. The van der Waals surface area contributed by atoms with Crippen LogP contribution in [0.3, 0.4) is 0 Å². The fourth-order valence-electron chi connectivity index (χ4n) is 1.78. The molecule has 1 aromatic heterocycles. The van der Waals surface area contributed by atoms with E-state index in [-0.39, 0.29) is 6.04 Å². The highest BCUT2D eigenvalue weighted by Crippen LogP contribution is 2.19. The monoisotopic (exact) mass is 275 g/mol. The van der Waals surface area contributed by atoms with E-state index in [0.717, 1.165) is 23.6 Å². The standard InChI is InChI=1S/C10H17N3O2S2/c1-11-5-9-4-10(6-12-9)17(14,15)13-8-2-3-16-7-8/h4,6,8,11-13H,2-3,5,7H2,1H3. The molecule has 0 spiro atoms. The Labute approximate surface area is 106 Å². The van der Waals surface area contributed by atoms with Crippen LogP contribution in [0.25, 0.3) is 0 Å². The molecule has 1 atom stereocenters. The normalized spacial score (nSPS) is 20.9. The van der Waals surface area contributed by atoms with Crippen LogP contribution < -0.4 is 10.0 Å². The van der Waals surface area contributed by atoms with E-state index >= 15 is 0 Å². The first-order valence-electron chi connectivity index (χ1n) is 5.54. The van der Waals surface area contributed by atoms with Crippen molar-refractivity contribution in [3.05, 3.63) is 18.0 Å². The molecule has 17 heavy (non-hydrogen) atoms. The molecule has 5 nitrogen and oxygen atoms in total. The molecule has 1 aromatic rings. The van der Waals surface area contributed by atoms with Crippen LogP contribution in [-0.4, -0.2) is 38.0 Å². The zero-order valence-electron chi connectivity index (χ0n) is 9.69. The summed E-state index contributed by atoms with van der Waals surface area (Å²) in [4.78, 5) is 3.27. The lowest BCUT2D eigenvalue weighted by Crippen LogP contribution is -2.34. The lowest BCUT2D eigenvalue weighted by Gasteiger charge is -2.10. The van der Waals surface area contributed by atoms with Gasteiger partial charge in [-0.1, -0.05) is 0 Å². The van der Waals surface area contributed by atoms with Crippen LogP contribution in [0.4, 0.5) is 0 Å². The lowest BCUT2D eigenvalue weighted by molar-refractivity contribution is 0.563. The molecular weight excluding hydrogens is 258 g/mol. The van der Waals surface area contributed by atoms with Gasteiger partial charge in [0.1, 0.15) is 0 Å². The number of aromatic nitrogens is 1. The number of thioether (sulfide) groups is 1. The van der Waals surface area contributed by atoms with Gasteiger partial charge in [0.2, 0.25) is 10.0 Å². The van der Waals surface area contributed by atoms with Gasteiger partial charge >= 0.3 is 0 Å². The first kappa shape index (κ1) is 12.9. The number of rotatable bonds is 5. The minimum absolute atomic E-state index is 0.0765. The smallest absolute Gasteiger partial charge is 0.242 e. The molecule has 1 saturated heterocycles. The van der Waals surface area contributed by atoms with E-state index in [0.29, 0.717) is 11.4 Å². The fraction of sp³-hybridized carbons (Fsp3) is 0.600. The Bertz CT molecular complexity index is 464. The van der Waals surface area contributed by atoms with Crippen molar-refractivity contribution in [1.82, 2.24) is 15.0 Å². The highest BCUT2D eigenvalue weighted by molar-refractivity contribution is 7.99. The molecule has 1 aliphatic heterocycles. The third-order valence-corrected chi connectivity index (χ3v) is 5.31. The number of hydrogen-bond donors (Lipinski definition) is 3. The quantitative estimate of drug-likeness (QED) is 0.732. The van der Waals surface area contributed by atoms with Crippen LogP contribution in [0.2, 0.25) is 0 Å². The van der Waals surface area contributed by atoms with E-state index < -0.39 is 10.0 Å². The van der Waals surface area contributed by atoms with Gasteiger partial charge in [-0.2, -0.15) is 11.8 Å². The highest BCUT2D eigenvalue weighted by atomic mass is 32.2. The molecular formula is C10H17N3O2S2. The van der Waals surface area contributed by atoms with Crippen molar-refractivity contribution in [2.75, 3.05) is 18.6 Å². The molecule has 1 fully saturated rings. The topological polar surface area (TPSA) is 74.0 Å².